The summed E-state index contributed by atoms with van der Waals surface area (Å²) in [6, 6.07) is 18.3. The molecule has 0 bridgehead atoms. The van der Waals surface area contributed by atoms with E-state index in [1.807, 2.05) is 36.4 Å². The molecule has 1 aromatic heterocycles. The van der Waals surface area contributed by atoms with Crippen LogP contribution in [0.25, 0.3) is 22.1 Å². The van der Waals surface area contributed by atoms with Gasteiger partial charge < -0.3 is 14.6 Å². The van der Waals surface area contributed by atoms with E-state index in [1.165, 1.54) is 0 Å². The first-order valence-corrected chi connectivity index (χ1v) is 9.38. The number of benzene rings is 2. The molecule has 0 amide bonds. The van der Waals surface area contributed by atoms with Crippen LogP contribution in [0.1, 0.15) is 6.42 Å². The summed E-state index contributed by atoms with van der Waals surface area (Å²) in [6.45, 7) is 3.54. The zero-order valence-corrected chi connectivity index (χ0v) is 15.3. The zero-order chi connectivity index (χ0) is 18.5. The largest absolute Gasteiger partial charge is 0.492 e. The molecule has 1 fully saturated rings. The Hall–Kier alpha value is -2.63. The van der Waals surface area contributed by atoms with E-state index < -0.39 is 0 Å². The van der Waals surface area contributed by atoms with Crippen molar-refractivity contribution >= 4 is 16.9 Å². The van der Waals surface area contributed by atoms with Crippen LogP contribution in [0, 0.1) is 0 Å². The molecule has 0 radical (unpaired) electrons. The van der Waals surface area contributed by atoms with Crippen molar-refractivity contribution < 1.29 is 19.0 Å². The lowest BCUT2D eigenvalue weighted by molar-refractivity contribution is 0.120. The lowest BCUT2D eigenvalue weighted by atomic mass is 10.0. The van der Waals surface area contributed by atoms with Crippen molar-refractivity contribution in [2.45, 2.75) is 6.42 Å². The van der Waals surface area contributed by atoms with Crippen LogP contribution in [-0.4, -0.2) is 44.6 Å². The summed E-state index contributed by atoms with van der Waals surface area (Å²) < 4.78 is 17.8. The average molecular weight is 366 g/mol. The standard InChI is InChI=1S/C22H24NO4/c24-12-5-13-26-20-16-21(23-10-14-25-15-11-23)27-22-18(8-4-9-19(20)22)17-6-2-1-3-7-17/h1-4,6-9,16,24H,5,10-15H2/q+1. The summed E-state index contributed by atoms with van der Waals surface area (Å²) in [5, 5.41) is 10.0. The number of aliphatic hydroxyl groups is 1. The van der Waals surface area contributed by atoms with Gasteiger partial charge in [-0.2, -0.15) is 4.42 Å². The van der Waals surface area contributed by atoms with Crippen molar-refractivity contribution in [3.8, 4) is 16.9 Å². The van der Waals surface area contributed by atoms with Crippen LogP contribution in [-0.2, 0) is 4.74 Å². The number of hydrogen-bond acceptors (Lipinski definition) is 4. The molecule has 0 atom stereocenters. The number of hydrogen-bond donors (Lipinski definition) is 1. The van der Waals surface area contributed by atoms with E-state index >= 15 is 0 Å². The van der Waals surface area contributed by atoms with E-state index in [1.54, 1.807) is 0 Å². The quantitative estimate of drug-likeness (QED) is 0.528. The summed E-state index contributed by atoms with van der Waals surface area (Å²) in [6.07, 6.45) is 0.596. The van der Waals surface area contributed by atoms with Gasteiger partial charge in [0.1, 0.15) is 17.2 Å². The van der Waals surface area contributed by atoms with Gasteiger partial charge in [0.15, 0.2) is 0 Å². The van der Waals surface area contributed by atoms with Crippen LogP contribution >= 0.6 is 0 Å². The van der Waals surface area contributed by atoms with Crippen LogP contribution < -0.4 is 9.64 Å². The van der Waals surface area contributed by atoms with Crippen LogP contribution in [0.15, 0.2) is 59.0 Å². The molecule has 4 rings (SSSR count). The maximum absolute atomic E-state index is 9.09. The van der Waals surface area contributed by atoms with Gasteiger partial charge >= 0.3 is 11.5 Å². The molecule has 1 aliphatic rings. The highest BCUT2D eigenvalue weighted by molar-refractivity contribution is 5.96. The maximum Gasteiger partial charge on any atom is 0.434 e. The number of fused-ring (bicyclic) bond motifs is 1. The average Bonchev–Trinajstić information content (AvgIpc) is 2.74. The lowest BCUT2D eigenvalue weighted by Gasteiger charge is -2.22. The Kier molecular flexibility index (Phi) is 5.51. The molecule has 27 heavy (non-hydrogen) atoms. The Morgan fingerprint density at radius 3 is 2.63 bits per heavy atom. The van der Waals surface area contributed by atoms with Crippen LogP contribution in [0.4, 0.5) is 5.88 Å². The smallest absolute Gasteiger partial charge is 0.434 e. The summed E-state index contributed by atoms with van der Waals surface area (Å²) in [5.74, 6) is 1.57. The van der Waals surface area contributed by atoms with E-state index in [9.17, 15) is 0 Å². The second kappa shape index (κ2) is 8.37. The summed E-state index contributed by atoms with van der Waals surface area (Å²) in [4.78, 5) is 2.18. The number of rotatable bonds is 6. The van der Waals surface area contributed by atoms with Crippen LogP contribution in [0.3, 0.4) is 0 Å². The molecule has 0 saturated carbocycles. The third-order valence-electron chi connectivity index (χ3n) is 4.71. The predicted octanol–water partition coefficient (Wildman–Crippen LogP) is 3.98. The number of anilines is 1. The molecule has 1 saturated heterocycles. The van der Waals surface area contributed by atoms with Gasteiger partial charge in [-0.1, -0.05) is 36.4 Å². The molecule has 2 heterocycles. The first-order valence-electron chi connectivity index (χ1n) is 9.38. The highest BCUT2D eigenvalue weighted by Gasteiger charge is 2.27. The molecule has 1 N–H and O–H groups in total. The summed E-state index contributed by atoms with van der Waals surface area (Å²) >= 11 is 0. The van der Waals surface area contributed by atoms with Gasteiger partial charge in [-0.3, -0.25) is 4.90 Å². The molecular weight excluding hydrogens is 342 g/mol. The Morgan fingerprint density at radius 1 is 1.04 bits per heavy atom. The molecule has 1 aliphatic heterocycles. The molecule has 140 valence electrons. The lowest BCUT2D eigenvalue weighted by Crippen LogP contribution is -2.36. The fraction of sp³-hybridized carbons (Fsp3) is 0.318. The number of para-hydroxylation sites is 1. The van der Waals surface area contributed by atoms with Gasteiger partial charge in [0.25, 0.3) is 0 Å². The van der Waals surface area contributed by atoms with E-state index in [-0.39, 0.29) is 6.61 Å². The van der Waals surface area contributed by atoms with Gasteiger partial charge in [0.2, 0.25) is 0 Å². The van der Waals surface area contributed by atoms with E-state index in [0.29, 0.717) is 26.2 Å². The third kappa shape index (κ3) is 3.89. The van der Waals surface area contributed by atoms with Crippen molar-refractivity contribution in [2.75, 3.05) is 44.4 Å². The molecular formula is C22H24NO4+. The van der Waals surface area contributed by atoms with Gasteiger partial charge in [-0.25, -0.2) is 0 Å². The van der Waals surface area contributed by atoms with E-state index in [4.69, 9.17) is 19.0 Å². The fourth-order valence-corrected chi connectivity index (χ4v) is 3.32. The van der Waals surface area contributed by atoms with Crippen molar-refractivity contribution in [3.05, 3.63) is 54.6 Å². The minimum Gasteiger partial charge on any atom is -0.492 e. The number of ether oxygens (including phenoxy) is 2. The molecule has 0 unspecified atom stereocenters. The highest BCUT2D eigenvalue weighted by atomic mass is 16.5. The topological polar surface area (TPSA) is 53.2 Å². The van der Waals surface area contributed by atoms with Crippen molar-refractivity contribution in [1.82, 2.24) is 0 Å². The SMILES string of the molecule is OCCCOc1cc(N2CCOCC2)[o+]c2c(-c3ccccc3)cccc12. The van der Waals surface area contributed by atoms with Crippen LogP contribution in [0.5, 0.6) is 5.75 Å². The van der Waals surface area contributed by atoms with Gasteiger partial charge in [-0.15, -0.1) is 0 Å². The van der Waals surface area contributed by atoms with Crippen molar-refractivity contribution in [2.24, 2.45) is 0 Å². The second-order valence-electron chi connectivity index (χ2n) is 6.52. The summed E-state index contributed by atoms with van der Waals surface area (Å²) in [7, 11) is 0. The fourth-order valence-electron chi connectivity index (χ4n) is 3.32. The number of aliphatic hydroxyl groups excluding tert-OH is 1. The predicted molar refractivity (Wildman–Crippen MR) is 106 cm³/mol. The van der Waals surface area contributed by atoms with Gasteiger partial charge in [0.05, 0.1) is 25.4 Å². The normalized spacial score (nSPS) is 14.5. The zero-order valence-electron chi connectivity index (χ0n) is 15.3. The molecule has 2 aromatic carbocycles. The molecule has 5 nitrogen and oxygen atoms in total. The Morgan fingerprint density at radius 2 is 1.85 bits per heavy atom. The maximum atomic E-state index is 9.09. The first kappa shape index (κ1) is 17.8. The minimum atomic E-state index is 0.112. The Labute approximate surface area is 158 Å². The van der Waals surface area contributed by atoms with E-state index in [0.717, 1.165) is 46.8 Å². The third-order valence-corrected chi connectivity index (χ3v) is 4.71. The molecule has 3 aromatic rings. The Bertz CT molecular complexity index is 891. The molecule has 0 spiro atoms. The highest BCUT2D eigenvalue weighted by Crippen LogP contribution is 2.37. The Balaban J connectivity index is 1.83. The first-order chi connectivity index (χ1) is 13.4. The minimum absolute atomic E-state index is 0.112. The monoisotopic (exact) mass is 366 g/mol. The van der Waals surface area contributed by atoms with Gasteiger partial charge in [-0.05, 0) is 17.7 Å². The molecule has 0 aliphatic carbocycles. The number of morpholine rings is 1. The second-order valence-corrected chi connectivity index (χ2v) is 6.52. The van der Waals surface area contributed by atoms with E-state index in [2.05, 4.69) is 23.1 Å². The van der Waals surface area contributed by atoms with Crippen LogP contribution in [0.2, 0.25) is 0 Å². The van der Waals surface area contributed by atoms with Gasteiger partial charge in [0, 0.05) is 26.1 Å². The van der Waals surface area contributed by atoms with Crippen molar-refractivity contribution in [3.63, 3.8) is 0 Å². The summed E-state index contributed by atoms with van der Waals surface area (Å²) in [5.41, 5.74) is 2.95. The van der Waals surface area contributed by atoms with Crippen molar-refractivity contribution in [1.29, 1.82) is 0 Å². The molecule has 5 heteroatoms. The number of nitrogens with zero attached hydrogens (tertiary/aromatic N) is 1.